The normalized spacial score (nSPS) is 33.0. The molecule has 2 aliphatic heterocycles. The van der Waals surface area contributed by atoms with Crippen molar-refractivity contribution >= 4 is 23.3 Å². The highest BCUT2D eigenvalue weighted by Gasteiger charge is 2.49. The first kappa shape index (κ1) is 31.0. The van der Waals surface area contributed by atoms with E-state index in [4.69, 9.17) is 16.3 Å². The van der Waals surface area contributed by atoms with E-state index in [0.29, 0.717) is 56.1 Å². The number of carbonyl (C=O) groups is 1. The molecule has 2 heterocycles. The number of nitrogens with zero attached hydrogens (tertiary/aromatic N) is 2. The summed E-state index contributed by atoms with van der Waals surface area (Å²) in [7, 11) is 1.88. The molecule has 1 spiro atoms. The number of carboxylic acids is 1. The highest BCUT2D eigenvalue weighted by atomic mass is 35.5. The smallest absolute Gasteiger partial charge is 0.341 e. The van der Waals surface area contributed by atoms with Gasteiger partial charge in [-0.05, 0) is 97.7 Å². The van der Waals surface area contributed by atoms with Gasteiger partial charge in [0.05, 0.1) is 18.4 Å². The molecular formula is C36H45ClN2O5. The van der Waals surface area contributed by atoms with Crippen LogP contribution < -0.4 is 9.64 Å². The SMILES string of the molecule is C=C1[C@H](CC)[C@@](O)(C(=O)O)c2ccc3c(c2)N(C[C@@H]2CC[C@H]2[C@@H](O)/C=C/CCN1C)C[C@@]1(CCCc2cc(Cl)ccc21)CO3. The number of aryl methyl sites for hydroxylation is 1. The third kappa shape index (κ3) is 5.31. The molecule has 7 nitrogen and oxygen atoms in total. The van der Waals surface area contributed by atoms with E-state index >= 15 is 0 Å². The molecule has 0 saturated heterocycles. The van der Waals surface area contributed by atoms with Crippen LogP contribution in [0.3, 0.4) is 0 Å². The zero-order valence-corrected chi connectivity index (χ0v) is 26.6. The van der Waals surface area contributed by atoms with Crippen molar-refractivity contribution in [1.29, 1.82) is 0 Å². The second-order valence-electron chi connectivity index (χ2n) is 13.4. The van der Waals surface area contributed by atoms with Gasteiger partial charge in [0, 0.05) is 48.7 Å². The molecule has 1 fully saturated rings. The number of ether oxygens (including phenoxy) is 1. The molecule has 4 aliphatic rings. The van der Waals surface area contributed by atoms with Gasteiger partial charge in [-0.2, -0.15) is 0 Å². The summed E-state index contributed by atoms with van der Waals surface area (Å²) in [6, 6.07) is 11.6. The topological polar surface area (TPSA) is 93.5 Å². The molecule has 0 aromatic heterocycles. The predicted molar refractivity (Wildman–Crippen MR) is 173 cm³/mol. The number of rotatable bonds is 2. The van der Waals surface area contributed by atoms with E-state index in [1.54, 1.807) is 6.07 Å². The lowest BCUT2D eigenvalue weighted by Gasteiger charge is -2.45. The third-order valence-electron chi connectivity index (χ3n) is 10.9. The minimum Gasteiger partial charge on any atom is -0.490 e. The van der Waals surface area contributed by atoms with E-state index in [0.717, 1.165) is 42.8 Å². The molecule has 6 rings (SSSR count). The fourth-order valence-electron chi connectivity index (χ4n) is 8.21. The molecule has 2 aromatic carbocycles. The van der Waals surface area contributed by atoms with Gasteiger partial charge >= 0.3 is 5.97 Å². The van der Waals surface area contributed by atoms with Gasteiger partial charge in [0.25, 0.3) is 0 Å². The Balaban J connectivity index is 1.49. The molecule has 6 atom stereocenters. The van der Waals surface area contributed by atoms with Crippen LogP contribution in [0.5, 0.6) is 5.75 Å². The molecule has 2 aromatic rings. The van der Waals surface area contributed by atoms with Crippen molar-refractivity contribution in [2.75, 3.05) is 38.2 Å². The summed E-state index contributed by atoms with van der Waals surface area (Å²) in [5.74, 6) is -0.940. The molecule has 0 unspecified atom stereocenters. The van der Waals surface area contributed by atoms with E-state index < -0.39 is 23.6 Å². The van der Waals surface area contributed by atoms with E-state index in [9.17, 15) is 20.1 Å². The monoisotopic (exact) mass is 620 g/mol. The van der Waals surface area contributed by atoms with E-state index in [1.165, 1.54) is 11.1 Å². The quantitative estimate of drug-likeness (QED) is 0.360. The Kier molecular flexibility index (Phi) is 8.50. The van der Waals surface area contributed by atoms with Crippen LogP contribution in [-0.4, -0.2) is 65.6 Å². The van der Waals surface area contributed by atoms with Crippen LogP contribution in [0.25, 0.3) is 0 Å². The van der Waals surface area contributed by atoms with Crippen molar-refractivity contribution in [2.24, 2.45) is 17.8 Å². The number of aliphatic hydroxyl groups excluding tert-OH is 1. The number of carboxylic acid groups (broad SMARTS) is 1. The maximum absolute atomic E-state index is 13.0. The summed E-state index contributed by atoms with van der Waals surface area (Å²) < 4.78 is 6.62. The molecule has 1 saturated carbocycles. The first-order chi connectivity index (χ1) is 21.1. The average Bonchev–Trinajstić information content (AvgIpc) is 3.13. The fourth-order valence-corrected chi connectivity index (χ4v) is 8.40. The average molecular weight is 621 g/mol. The molecule has 44 heavy (non-hydrogen) atoms. The first-order valence-electron chi connectivity index (χ1n) is 16.1. The minimum absolute atomic E-state index is 0.150. The van der Waals surface area contributed by atoms with Gasteiger partial charge in [-0.3, -0.25) is 0 Å². The van der Waals surface area contributed by atoms with Crippen molar-refractivity contribution < 1.29 is 24.9 Å². The number of aliphatic carboxylic acids is 1. The van der Waals surface area contributed by atoms with Crippen molar-refractivity contribution in [1.82, 2.24) is 4.90 Å². The molecule has 236 valence electrons. The number of fused-ring (bicyclic) bond motifs is 4. The molecule has 3 N–H and O–H groups in total. The van der Waals surface area contributed by atoms with Crippen molar-refractivity contribution in [3.8, 4) is 5.75 Å². The molecule has 2 aliphatic carbocycles. The molecule has 8 heteroatoms. The Bertz CT molecular complexity index is 1460. The van der Waals surface area contributed by atoms with Gasteiger partial charge < -0.3 is 29.9 Å². The molecule has 0 amide bonds. The van der Waals surface area contributed by atoms with Crippen LogP contribution in [0.15, 0.2) is 60.8 Å². The second-order valence-corrected chi connectivity index (χ2v) is 13.9. The lowest BCUT2D eigenvalue weighted by Crippen LogP contribution is -2.49. The van der Waals surface area contributed by atoms with Crippen molar-refractivity contribution in [3.05, 3.63) is 82.5 Å². The van der Waals surface area contributed by atoms with Gasteiger partial charge in [-0.1, -0.05) is 49.4 Å². The van der Waals surface area contributed by atoms with Crippen molar-refractivity contribution in [2.45, 2.75) is 69.0 Å². The summed E-state index contributed by atoms with van der Waals surface area (Å²) in [5, 5.41) is 34.7. The Labute approximate surface area is 265 Å². The molecule has 2 bridgehead atoms. The van der Waals surface area contributed by atoms with E-state index in [1.807, 2.05) is 49.2 Å². The first-order valence-corrected chi connectivity index (χ1v) is 16.5. The van der Waals surface area contributed by atoms with Gasteiger partial charge in [-0.25, -0.2) is 4.79 Å². The maximum Gasteiger partial charge on any atom is 0.341 e. The Morgan fingerprint density at radius 2 is 2.02 bits per heavy atom. The number of hydrogen-bond donors (Lipinski definition) is 3. The largest absolute Gasteiger partial charge is 0.490 e. The fraction of sp³-hybridized carbons (Fsp3) is 0.528. The van der Waals surface area contributed by atoms with Crippen LogP contribution in [-0.2, 0) is 22.2 Å². The summed E-state index contributed by atoms with van der Waals surface area (Å²) in [4.78, 5) is 17.3. The number of benzene rings is 2. The summed E-state index contributed by atoms with van der Waals surface area (Å²) >= 11 is 6.42. The predicted octanol–water partition coefficient (Wildman–Crippen LogP) is 5.90. The maximum atomic E-state index is 13.0. The molecular weight excluding hydrogens is 576 g/mol. The van der Waals surface area contributed by atoms with E-state index in [2.05, 4.69) is 23.6 Å². The Morgan fingerprint density at radius 1 is 1.20 bits per heavy atom. The summed E-state index contributed by atoms with van der Waals surface area (Å²) in [6.07, 6.45) is 9.43. The number of hydrogen-bond acceptors (Lipinski definition) is 6. The van der Waals surface area contributed by atoms with Crippen LogP contribution in [0.4, 0.5) is 5.69 Å². The number of anilines is 1. The van der Waals surface area contributed by atoms with Gasteiger partial charge in [0.15, 0.2) is 5.60 Å². The highest BCUT2D eigenvalue weighted by molar-refractivity contribution is 6.30. The Hall–Kier alpha value is -3.00. The highest BCUT2D eigenvalue weighted by Crippen LogP contribution is 2.48. The van der Waals surface area contributed by atoms with Crippen LogP contribution in [0.1, 0.15) is 62.1 Å². The number of aliphatic hydroxyl groups is 2. The van der Waals surface area contributed by atoms with Gasteiger partial charge in [0.1, 0.15) is 5.75 Å². The van der Waals surface area contributed by atoms with Gasteiger partial charge in [0.2, 0.25) is 0 Å². The zero-order chi connectivity index (χ0) is 31.2. The minimum atomic E-state index is -2.18. The van der Waals surface area contributed by atoms with Crippen LogP contribution >= 0.6 is 11.6 Å². The second kappa shape index (κ2) is 12.1. The summed E-state index contributed by atoms with van der Waals surface area (Å²) in [5.41, 5.74) is 1.73. The van der Waals surface area contributed by atoms with Crippen molar-refractivity contribution in [3.63, 3.8) is 0 Å². The van der Waals surface area contributed by atoms with Crippen LogP contribution in [0, 0.1) is 17.8 Å². The van der Waals surface area contributed by atoms with Gasteiger partial charge in [-0.15, -0.1) is 0 Å². The van der Waals surface area contributed by atoms with E-state index in [-0.39, 0.29) is 17.3 Å². The standard InChI is InChI=1S/C36H45ClN2O5/c1-4-29-23(2)38(3)17-6-5-9-32(40)28-13-10-25(28)20-39-21-35(16-7-8-24-18-27(37)12-14-30(24)35)22-44-33-15-11-26(19-31(33)39)36(29,43)34(41)42/h5,9,11-12,14-15,18-19,25,28-29,32,40,43H,2,4,6-8,10,13,16-17,20-22H2,1,3H3,(H,41,42)/b9-5+/t25-,28+,29-,32-,35-,36+/m0/s1. The zero-order valence-electron chi connectivity index (χ0n) is 25.8. The third-order valence-corrected chi connectivity index (χ3v) is 11.2. The van der Waals surface area contributed by atoms with Crippen LogP contribution in [0.2, 0.25) is 5.02 Å². The number of halogens is 1. The lowest BCUT2D eigenvalue weighted by molar-refractivity contribution is -0.166. The molecule has 0 radical (unpaired) electrons. The Morgan fingerprint density at radius 3 is 2.75 bits per heavy atom. The lowest BCUT2D eigenvalue weighted by atomic mass is 9.68. The summed E-state index contributed by atoms with van der Waals surface area (Å²) in [6.45, 7) is 8.63.